The Hall–Kier alpha value is -2.08. The van der Waals surface area contributed by atoms with Crippen LogP contribution in [0.3, 0.4) is 0 Å². The maximum absolute atomic E-state index is 11.5. The Labute approximate surface area is 114 Å². The molecule has 98 valence electrons. The fourth-order valence-electron chi connectivity index (χ4n) is 1.64. The number of nitrogens with zero attached hydrogens (tertiary/aromatic N) is 2. The second-order valence-corrected chi connectivity index (χ2v) is 5.34. The van der Waals surface area contributed by atoms with Crippen molar-refractivity contribution in [3.63, 3.8) is 0 Å². The summed E-state index contributed by atoms with van der Waals surface area (Å²) in [6.45, 7) is 1.91. The van der Waals surface area contributed by atoms with Crippen LogP contribution in [0.5, 0.6) is 0 Å². The van der Waals surface area contributed by atoms with Gasteiger partial charge in [-0.05, 0) is 30.3 Å². The van der Waals surface area contributed by atoms with Crippen LogP contribution in [0, 0.1) is 15.3 Å². The third-order valence-corrected chi connectivity index (χ3v) is 3.82. The van der Waals surface area contributed by atoms with Crippen molar-refractivity contribution in [2.75, 3.05) is 0 Å². The maximum Gasteiger partial charge on any atom is 0.269 e. The molecule has 1 heterocycles. The summed E-state index contributed by atoms with van der Waals surface area (Å²) in [6, 6.07) is 11.6. The van der Waals surface area contributed by atoms with Crippen LogP contribution in [0.4, 0.5) is 5.69 Å². The topological polar surface area (TPSA) is 70.1 Å². The zero-order valence-corrected chi connectivity index (χ0v) is 11.0. The van der Waals surface area contributed by atoms with E-state index in [1.54, 1.807) is 24.3 Å². The third kappa shape index (κ3) is 3.23. The minimum Gasteiger partial charge on any atom is -0.618 e. The minimum atomic E-state index is -0.419. The van der Waals surface area contributed by atoms with Gasteiger partial charge in [-0.1, -0.05) is 12.1 Å². The van der Waals surface area contributed by atoms with Gasteiger partial charge in [0.05, 0.1) is 4.92 Å². The van der Waals surface area contributed by atoms with Crippen LogP contribution in [0.25, 0.3) is 0 Å². The first kappa shape index (κ1) is 13.4. The van der Waals surface area contributed by atoms with Gasteiger partial charge in [-0.25, -0.2) is 0 Å². The van der Waals surface area contributed by atoms with E-state index in [4.69, 9.17) is 0 Å². The van der Waals surface area contributed by atoms with Gasteiger partial charge in [0.25, 0.3) is 10.7 Å². The van der Waals surface area contributed by atoms with E-state index in [1.165, 1.54) is 30.1 Å². The van der Waals surface area contributed by atoms with Crippen molar-refractivity contribution in [1.82, 2.24) is 0 Å². The number of hydrogen-bond acceptors (Lipinski definition) is 4. The van der Waals surface area contributed by atoms with Crippen LogP contribution in [-0.2, 0) is 0 Å². The predicted octanol–water partition coefficient (Wildman–Crippen LogP) is 3.08. The number of thioether (sulfide) groups is 1. The van der Waals surface area contributed by atoms with E-state index in [2.05, 4.69) is 0 Å². The molecule has 0 fully saturated rings. The van der Waals surface area contributed by atoms with E-state index in [-0.39, 0.29) is 10.9 Å². The average Bonchev–Trinajstić information content (AvgIpc) is 2.41. The molecule has 2 rings (SSSR count). The summed E-state index contributed by atoms with van der Waals surface area (Å²) in [5.41, 5.74) is 0.885. The summed E-state index contributed by atoms with van der Waals surface area (Å²) in [4.78, 5) is 10.3. The lowest BCUT2D eigenvalue weighted by Crippen LogP contribution is -2.27. The fourth-order valence-corrected chi connectivity index (χ4v) is 2.61. The third-order valence-electron chi connectivity index (χ3n) is 2.64. The molecule has 1 atom stereocenters. The number of nitro benzene ring substituents is 1. The van der Waals surface area contributed by atoms with E-state index >= 15 is 0 Å². The highest BCUT2D eigenvalue weighted by atomic mass is 32.2. The van der Waals surface area contributed by atoms with Crippen molar-refractivity contribution < 1.29 is 9.65 Å². The summed E-state index contributed by atoms with van der Waals surface area (Å²) in [5.74, 6) is 0. The van der Waals surface area contributed by atoms with Gasteiger partial charge >= 0.3 is 0 Å². The largest absolute Gasteiger partial charge is 0.618 e. The number of hydrogen-bond donors (Lipinski definition) is 0. The van der Waals surface area contributed by atoms with Gasteiger partial charge in [0.1, 0.15) is 0 Å². The van der Waals surface area contributed by atoms with Crippen LogP contribution in [0.1, 0.15) is 17.7 Å². The zero-order chi connectivity index (χ0) is 13.8. The Balaban J connectivity index is 2.20. The summed E-state index contributed by atoms with van der Waals surface area (Å²) < 4.78 is 0.790. The van der Waals surface area contributed by atoms with Crippen molar-refractivity contribution in [1.29, 1.82) is 0 Å². The SMILES string of the molecule is C[C@H](Sc1cccc[n+]1[O-])c1cccc([N+](=O)[O-])c1. The van der Waals surface area contributed by atoms with Crippen molar-refractivity contribution in [3.05, 3.63) is 69.5 Å². The van der Waals surface area contributed by atoms with Crippen LogP contribution in [0.2, 0.25) is 0 Å². The van der Waals surface area contributed by atoms with Gasteiger partial charge in [0.2, 0.25) is 0 Å². The first-order chi connectivity index (χ1) is 9.08. The van der Waals surface area contributed by atoms with E-state index in [9.17, 15) is 15.3 Å². The Bertz CT molecular complexity index is 604. The first-order valence-corrected chi connectivity index (χ1v) is 6.55. The lowest BCUT2D eigenvalue weighted by molar-refractivity contribution is -0.645. The molecule has 1 aromatic heterocycles. The summed E-state index contributed by atoms with van der Waals surface area (Å²) >= 11 is 1.37. The predicted molar refractivity (Wildman–Crippen MR) is 72.8 cm³/mol. The Morgan fingerprint density at radius 1 is 1.26 bits per heavy atom. The van der Waals surface area contributed by atoms with E-state index < -0.39 is 4.92 Å². The van der Waals surface area contributed by atoms with Crippen molar-refractivity contribution in [3.8, 4) is 0 Å². The minimum absolute atomic E-state index is 0.0394. The van der Waals surface area contributed by atoms with Gasteiger partial charge < -0.3 is 5.21 Å². The molecule has 0 amide bonds. The Morgan fingerprint density at radius 2 is 2.05 bits per heavy atom. The molecule has 1 aromatic carbocycles. The molecule has 0 unspecified atom stereocenters. The second-order valence-electron chi connectivity index (χ2n) is 3.98. The standard InChI is InChI=1S/C13H12N2O3S/c1-10(19-13-7-2-3-8-14(13)16)11-5-4-6-12(9-11)15(17)18/h2-10H,1H3/t10-/m0/s1. The fraction of sp³-hybridized carbons (Fsp3) is 0.154. The van der Waals surface area contributed by atoms with Crippen LogP contribution >= 0.6 is 11.8 Å². The number of nitro groups is 1. The lowest BCUT2D eigenvalue weighted by Gasteiger charge is -2.10. The van der Waals surface area contributed by atoms with Crippen molar-refractivity contribution in [2.45, 2.75) is 17.2 Å². The Morgan fingerprint density at radius 3 is 2.74 bits per heavy atom. The molecule has 0 saturated carbocycles. The highest BCUT2D eigenvalue weighted by Gasteiger charge is 2.15. The Kier molecular flexibility index (Phi) is 4.01. The van der Waals surface area contributed by atoms with Gasteiger partial charge in [0.15, 0.2) is 6.20 Å². The number of pyridine rings is 1. The smallest absolute Gasteiger partial charge is 0.269 e. The van der Waals surface area contributed by atoms with Crippen molar-refractivity contribution >= 4 is 17.4 Å². The first-order valence-electron chi connectivity index (χ1n) is 5.67. The average molecular weight is 276 g/mol. The molecule has 0 aliphatic rings. The van der Waals surface area contributed by atoms with Crippen LogP contribution in [0.15, 0.2) is 53.7 Å². The van der Waals surface area contributed by atoms with E-state index in [1.807, 2.05) is 13.0 Å². The molecule has 0 N–H and O–H groups in total. The second kappa shape index (κ2) is 5.71. The van der Waals surface area contributed by atoms with Gasteiger partial charge in [-0.3, -0.25) is 10.1 Å². The molecule has 0 saturated heterocycles. The zero-order valence-electron chi connectivity index (χ0n) is 10.2. The molecule has 0 aliphatic heterocycles. The molecule has 0 bridgehead atoms. The molecule has 0 radical (unpaired) electrons. The molecule has 19 heavy (non-hydrogen) atoms. The summed E-state index contributed by atoms with van der Waals surface area (Å²) in [5, 5.41) is 22.8. The van der Waals surface area contributed by atoms with Gasteiger partial charge in [0, 0.05) is 29.5 Å². The number of non-ortho nitro benzene ring substituents is 1. The highest BCUT2D eigenvalue weighted by Crippen LogP contribution is 2.33. The summed E-state index contributed by atoms with van der Waals surface area (Å²) in [7, 11) is 0. The monoisotopic (exact) mass is 276 g/mol. The number of aromatic nitrogens is 1. The van der Waals surface area contributed by atoms with Gasteiger partial charge in [-0.2, -0.15) is 4.73 Å². The van der Waals surface area contributed by atoms with Crippen LogP contribution in [-0.4, -0.2) is 4.92 Å². The number of rotatable bonds is 4. The normalized spacial score (nSPS) is 12.1. The van der Waals surface area contributed by atoms with Gasteiger partial charge in [-0.15, -0.1) is 0 Å². The maximum atomic E-state index is 11.5. The molecule has 2 aromatic rings. The van der Waals surface area contributed by atoms with Crippen LogP contribution < -0.4 is 4.73 Å². The molecular formula is C13H12N2O3S. The molecule has 6 heteroatoms. The molecule has 0 spiro atoms. The number of benzene rings is 1. The van der Waals surface area contributed by atoms with E-state index in [0.29, 0.717) is 5.03 Å². The van der Waals surface area contributed by atoms with Crippen molar-refractivity contribution in [2.24, 2.45) is 0 Å². The van der Waals surface area contributed by atoms with E-state index in [0.717, 1.165) is 10.3 Å². The quantitative estimate of drug-likeness (QED) is 0.283. The highest BCUT2D eigenvalue weighted by molar-refractivity contribution is 7.99. The molecule has 5 nitrogen and oxygen atoms in total. The lowest BCUT2D eigenvalue weighted by atomic mass is 10.1. The summed E-state index contributed by atoms with van der Waals surface area (Å²) in [6.07, 6.45) is 1.43. The molecule has 0 aliphatic carbocycles. The molecular weight excluding hydrogens is 264 g/mol.